The zero-order chi connectivity index (χ0) is 16.0. The number of phenols is 1. The van der Waals surface area contributed by atoms with Crippen molar-refractivity contribution in [3.63, 3.8) is 0 Å². The van der Waals surface area contributed by atoms with Crippen molar-refractivity contribution >= 4 is 6.29 Å². The van der Waals surface area contributed by atoms with Gasteiger partial charge in [-0.25, -0.2) is 0 Å². The molecule has 1 aromatic carbocycles. The third-order valence-electron chi connectivity index (χ3n) is 2.79. The first kappa shape index (κ1) is 25.4. The van der Waals surface area contributed by atoms with Gasteiger partial charge in [-0.15, -0.1) is 0 Å². The van der Waals surface area contributed by atoms with Gasteiger partial charge in [-0.1, -0.05) is 74.6 Å². The molecule has 2 nitrogen and oxygen atoms in total. The summed E-state index contributed by atoms with van der Waals surface area (Å²) >= 11 is 0. The first-order valence-electron chi connectivity index (χ1n) is 6.91. The van der Waals surface area contributed by atoms with E-state index >= 15 is 0 Å². The number of hydrogen-bond acceptors (Lipinski definition) is 2. The van der Waals surface area contributed by atoms with Crippen molar-refractivity contribution in [2.75, 3.05) is 0 Å². The second kappa shape index (κ2) is 10.2. The second-order valence-electron chi connectivity index (χ2n) is 7.06. The van der Waals surface area contributed by atoms with Gasteiger partial charge in [0.2, 0.25) is 0 Å². The van der Waals surface area contributed by atoms with Crippen LogP contribution in [0.2, 0.25) is 0 Å². The maximum atomic E-state index is 9.76. The summed E-state index contributed by atoms with van der Waals surface area (Å²) in [5, 5.41) is 9.46. The first-order chi connectivity index (χ1) is 8.99. The Balaban J connectivity index is -0.000000323. The van der Waals surface area contributed by atoms with Crippen LogP contribution in [0, 0.1) is 12.3 Å². The fraction of sp³-hybridized carbons (Fsp3) is 0.550. The topological polar surface area (TPSA) is 37.3 Å². The summed E-state index contributed by atoms with van der Waals surface area (Å²) in [7, 11) is 0. The molecule has 0 spiro atoms. The highest BCUT2D eigenvalue weighted by atomic mass is 16.3. The summed E-state index contributed by atoms with van der Waals surface area (Å²) in [6.45, 7) is 14.5. The van der Waals surface area contributed by atoms with Crippen LogP contribution in [0.15, 0.2) is 30.4 Å². The Morgan fingerprint density at radius 2 is 1.50 bits per heavy atom. The molecule has 1 aromatic rings. The highest BCUT2D eigenvalue weighted by molar-refractivity contribution is 5.64. The van der Waals surface area contributed by atoms with Crippen molar-refractivity contribution in [2.45, 2.75) is 68.7 Å². The fourth-order valence-electron chi connectivity index (χ4n) is 1.76. The highest BCUT2D eigenvalue weighted by Crippen LogP contribution is 2.29. The van der Waals surface area contributed by atoms with Crippen LogP contribution in [0.5, 0.6) is 5.75 Å². The van der Waals surface area contributed by atoms with E-state index in [2.05, 4.69) is 26.8 Å². The SMILES string of the molecule is C.C.CC(C)(C)/C=C\C=O.Cc1c(O)cccc1C(C)(C)C. The van der Waals surface area contributed by atoms with Crippen molar-refractivity contribution in [2.24, 2.45) is 5.41 Å². The minimum atomic E-state index is 0. The number of phenolic OH excluding ortho intramolecular Hbond substituents is 1. The molecule has 22 heavy (non-hydrogen) atoms. The Bertz CT molecular complexity index is 458. The summed E-state index contributed by atoms with van der Waals surface area (Å²) in [4.78, 5) is 9.76. The Morgan fingerprint density at radius 1 is 1.00 bits per heavy atom. The van der Waals surface area contributed by atoms with Crippen molar-refractivity contribution < 1.29 is 9.90 Å². The van der Waals surface area contributed by atoms with Gasteiger partial charge >= 0.3 is 0 Å². The lowest BCUT2D eigenvalue weighted by Crippen LogP contribution is -2.12. The molecular weight excluding hydrogens is 272 g/mol. The van der Waals surface area contributed by atoms with Gasteiger partial charge < -0.3 is 5.11 Å². The predicted octanol–water partition coefficient (Wildman–Crippen LogP) is 6.06. The van der Waals surface area contributed by atoms with Crippen molar-refractivity contribution in [1.82, 2.24) is 0 Å². The lowest BCUT2D eigenvalue weighted by atomic mass is 9.84. The third-order valence-corrected chi connectivity index (χ3v) is 2.79. The number of aromatic hydroxyl groups is 1. The van der Waals surface area contributed by atoms with Gasteiger partial charge in [-0.3, -0.25) is 4.79 Å². The molecule has 0 amide bonds. The molecule has 0 atom stereocenters. The summed E-state index contributed by atoms with van der Waals surface area (Å²) in [6, 6.07) is 5.68. The quantitative estimate of drug-likeness (QED) is 0.506. The van der Waals surface area contributed by atoms with E-state index in [9.17, 15) is 9.90 Å². The number of aldehydes is 1. The Labute approximate surface area is 138 Å². The summed E-state index contributed by atoms with van der Waals surface area (Å²) < 4.78 is 0. The zero-order valence-electron chi connectivity index (χ0n) is 13.8. The van der Waals surface area contributed by atoms with Crippen LogP contribution in [0.3, 0.4) is 0 Å². The summed E-state index contributed by atoms with van der Waals surface area (Å²) in [5.41, 5.74) is 2.46. The monoisotopic (exact) mass is 308 g/mol. The molecule has 1 N–H and O–H groups in total. The molecule has 0 bridgehead atoms. The van der Waals surface area contributed by atoms with E-state index in [0.29, 0.717) is 5.75 Å². The normalized spacial score (nSPS) is 10.9. The molecule has 0 unspecified atom stereocenters. The van der Waals surface area contributed by atoms with E-state index in [1.807, 2.05) is 39.8 Å². The molecule has 0 aliphatic carbocycles. The molecule has 2 heteroatoms. The minimum absolute atomic E-state index is 0. The number of rotatable bonds is 1. The molecule has 128 valence electrons. The summed E-state index contributed by atoms with van der Waals surface area (Å²) in [5.74, 6) is 0.391. The fourth-order valence-corrected chi connectivity index (χ4v) is 1.76. The molecule has 0 saturated heterocycles. The van der Waals surface area contributed by atoms with Gasteiger partial charge in [-0.2, -0.15) is 0 Å². The van der Waals surface area contributed by atoms with E-state index in [4.69, 9.17) is 0 Å². The van der Waals surface area contributed by atoms with Crippen molar-refractivity contribution in [3.05, 3.63) is 41.5 Å². The van der Waals surface area contributed by atoms with E-state index < -0.39 is 0 Å². The Hall–Kier alpha value is -1.57. The number of allylic oxidation sites excluding steroid dienone is 2. The number of carbonyl (C=O) groups is 1. The van der Waals surface area contributed by atoms with Gasteiger partial charge in [0.25, 0.3) is 0 Å². The molecule has 0 radical (unpaired) electrons. The average Bonchev–Trinajstić information content (AvgIpc) is 2.28. The number of hydrogen-bond donors (Lipinski definition) is 1. The maximum Gasteiger partial charge on any atom is 0.142 e. The standard InChI is InChI=1S/C11H16O.C7H12O.2CH4/c1-8-9(11(2,3)4)6-5-7-10(8)12;1-7(2,3)5-4-6-8;;/h5-7,12H,1-4H3;4-6H,1-3H3;2*1H4/b;5-4-;;. The zero-order valence-corrected chi connectivity index (χ0v) is 13.8. The van der Waals surface area contributed by atoms with Crippen LogP contribution in [0.1, 0.15) is 67.5 Å². The molecule has 0 aliphatic heterocycles. The van der Waals surface area contributed by atoms with Crippen LogP contribution >= 0.6 is 0 Å². The van der Waals surface area contributed by atoms with Gasteiger partial charge in [0.1, 0.15) is 12.0 Å². The van der Waals surface area contributed by atoms with Crippen LogP contribution in [-0.2, 0) is 10.2 Å². The Morgan fingerprint density at radius 3 is 1.77 bits per heavy atom. The number of benzene rings is 1. The first-order valence-corrected chi connectivity index (χ1v) is 6.91. The van der Waals surface area contributed by atoms with Crippen LogP contribution in [-0.4, -0.2) is 11.4 Å². The Kier molecular flexibility index (Phi) is 11.8. The van der Waals surface area contributed by atoms with Gasteiger partial charge in [0, 0.05) is 0 Å². The molecule has 0 aromatic heterocycles. The van der Waals surface area contributed by atoms with E-state index in [1.54, 1.807) is 6.07 Å². The largest absolute Gasteiger partial charge is 0.508 e. The van der Waals surface area contributed by atoms with E-state index in [-0.39, 0.29) is 25.7 Å². The molecular formula is C20H36O2. The van der Waals surface area contributed by atoms with Crippen LogP contribution in [0.4, 0.5) is 0 Å². The predicted molar refractivity (Wildman–Crippen MR) is 99.7 cm³/mol. The van der Waals surface area contributed by atoms with Crippen LogP contribution < -0.4 is 0 Å². The third kappa shape index (κ3) is 10.2. The van der Waals surface area contributed by atoms with E-state index in [0.717, 1.165) is 11.8 Å². The lowest BCUT2D eigenvalue weighted by molar-refractivity contribution is -0.104. The molecule has 0 aliphatic rings. The molecule has 1 rings (SSSR count). The van der Waals surface area contributed by atoms with Crippen LogP contribution in [0.25, 0.3) is 0 Å². The lowest BCUT2D eigenvalue weighted by Gasteiger charge is -2.21. The van der Waals surface area contributed by atoms with E-state index in [1.165, 1.54) is 11.6 Å². The maximum absolute atomic E-state index is 9.76. The van der Waals surface area contributed by atoms with Gasteiger partial charge in [-0.05, 0) is 41.0 Å². The number of carbonyl (C=O) groups excluding carboxylic acids is 1. The molecule has 0 heterocycles. The minimum Gasteiger partial charge on any atom is -0.508 e. The smallest absolute Gasteiger partial charge is 0.142 e. The van der Waals surface area contributed by atoms with Gasteiger partial charge in [0.15, 0.2) is 0 Å². The van der Waals surface area contributed by atoms with Gasteiger partial charge in [0.05, 0.1) is 0 Å². The summed E-state index contributed by atoms with van der Waals surface area (Å²) in [6.07, 6.45) is 4.20. The van der Waals surface area contributed by atoms with Crippen molar-refractivity contribution in [3.8, 4) is 5.75 Å². The molecule has 0 saturated carbocycles. The van der Waals surface area contributed by atoms with Crippen molar-refractivity contribution in [1.29, 1.82) is 0 Å². The molecule has 0 fully saturated rings. The highest BCUT2D eigenvalue weighted by Gasteiger charge is 2.16. The second-order valence-corrected chi connectivity index (χ2v) is 7.06. The average molecular weight is 309 g/mol.